The SMILES string of the molecule is CCN(CC)[C@H](CNc1cnn(-c2ccc(C(F)(F)F)cn2)c(=O)c1Cl)CC(C)C. The standard InChI is InChI=1S/C20H27ClF3N5O/c1-5-28(6-2)15(9-13(3)4)11-25-16-12-27-29(19(30)18(16)21)17-8-7-14(10-26-17)20(22,23)24/h7-8,10,12-13,15,25H,5-6,9,11H2,1-4H3/t15-/m0/s1. The fourth-order valence-corrected chi connectivity index (χ4v) is 3.47. The molecular weight excluding hydrogens is 419 g/mol. The lowest BCUT2D eigenvalue weighted by Crippen LogP contribution is -2.41. The van der Waals surface area contributed by atoms with E-state index in [1.54, 1.807) is 0 Å². The van der Waals surface area contributed by atoms with Gasteiger partial charge in [-0.2, -0.15) is 23.0 Å². The van der Waals surface area contributed by atoms with E-state index in [9.17, 15) is 18.0 Å². The Morgan fingerprint density at radius 1 is 1.20 bits per heavy atom. The average Bonchev–Trinajstić information content (AvgIpc) is 2.69. The summed E-state index contributed by atoms with van der Waals surface area (Å²) in [5.41, 5.74) is -1.18. The average molecular weight is 446 g/mol. The molecule has 166 valence electrons. The zero-order valence-electron chi connectivity index (χ0n) is 17.5. The van der Waals surface area contributed by atoms with Crippen LogP contribution in [0.5, 0.6) is 0 Å². The van der Waals surface area contributed by atoms with Gasteiger partial charge >= 0.3 is 6.18 Å². The number of aromatic nitrogens is 3. The molecule has 0 fully saturated rings. The first kappa shape index (κ1) is 24.1. The Morgan fingerprint density at radius 3 is 2.37 bits per heavy atom. The maximum absolute atomic E-state index is 12.7. The lowest BCUT2D eigenvalue weighted by Gasteiger charge is -2.31. The van der Waals surface area contributed by atoms with Crippen molar-refractivity contribution >= 4 is 17.3 Å². The molecule has 2 heterocycles. The highest BCUT2D eigenvalue weighted by molar-refractivity contribution is 6.32. The largest absolute Gasteiger partial charge is 0.417 e. The molecule has 0 spiro atoms. The molecule has 1 atom stereocenters. The first-order chi connectivity index (χ1) is 14.1. The number of alkyl halides is 3. The molecule has 0 bridgehead atoms. The van der Waals surface area contributed by atoms with Gasteiger partial charge in [0.15, 0.2) is 5.82 Å². The van der Waals surface area contributed by atoms with Crippen molar-refractivity contribution < 1.29 is 13.2 Å². The Hall–Kier alpha value is -2.13. The van der Waals surface area contributed by atoms with Crippen molar-refractivity contribution in [3.8, 4) is 5.82 Å². The van der Waals surface area contributed by atoms with E-state index in [0.717, 1.165) is 36.3 Å². The highest BCUT2D eigenvalue weighted by Crippen LogP contribution is 2.28. The van der Waals surface area contributed by atoms with E-state index >= 15 is 0 Å². The lowest BCUT2D eigenvalue weighted by molar-refractivity contribution is -0.137. The first-order valence-electron chi connectivity index (χ1n) is 9.87. The summed E-state index contributed by atoms with van der Waals surface area (Å²) >= 11 is 6.23. The van der Waals surface area contributed by atoms with Crippen LogP contribution in [0.1, 0.15) is 39.7 Å². The highest BCUT2D eigenvalue weighted by Gasteiger charge is 2.30. The fourth-order valence-electron chi connectivity index (χ4n) is 3.27. The van der Waals surface area contributed by atoms with Crippen LogP contribution in [-0.2, 0) is 6.18 Å². The minimum atomic E-state index is -4.51. The number of pyridine rings is 1. The first-order valence-corrected chi connectivity index (χ1v) is 10.3. The zero-order valence-corrected chi connectivity index (χ0v) is 18.3. The van der Waals surface area contributed by atoms with E-state index < -0.39 is 17.3 Å². The van der Waals surface area contributed by atoms with Crippen molar-refractivity contribution in [2.75, 3.05) is 25.0 Å². The molecule has 0 aliphatic rings. The van der Waals surface area contributed by atoms with Gasteiger partial charge in [-0.1, -0.05) is 39.3 Å². The predicted molar refractivity (Wildman–Crippen MR) is 112 cm³/mol. The second kappa shape index (κ2) is 10.3. The van der Waals surface area contributed by atoms with Gasteiger partial charge < -0.3 is 5.32 Å². The normalized spacial score (nSPS) is 13.1. The van der Waals surface area contributed by atoms with Gasteiger partial charge in [-0.15, -0.1) is 0 Å². The van der Waals surface area contributed by atoms with E-state index in [4.69, 9.17) is 11.6 Å². The van der Waals surface area contributed by atoms with Crippen molar-refractivity contribution in [1.82, 2.24) is 19.7 Å². The third kappa shape index (κ3) is 5.95. The second-order valence-corrected chi connectivity index (χ2v) is 7.76. The summed E-state index contributed by atoms with van der Waals surface area (Å²) in [7, 11) is 0. The molecule has 0 aliphatic carbocycles. The Bertz CT molecular complexity index is 879. The van der Waals surface area contributed by atoms with Gasteiger partial charge in [0.1, 0.15) is 5.02 Å². The fraction of sp³-hybridized carbons (Fsp3) is 0.550. The van der Waals surface area contributed by atoms with Crippen molar-refractivity contribution in [3.05, 3.63) is 45.5 Å². The quantitative estimate of drug-likeness (QED) is 0.617. The summed E-state index contributed by atoms with van der Waals surface area (Å²) in [5.74, 6) is 0.465. The van der Waals surface area contributed by atoms with E-state index in [0.29, 0.717) is 24.3 Å². The van der Waals surface area contributed by atoms with Crippen LogP contribution in [0, 0.1) is 5.92 Å². The molecule has 0 radical (unpaired) electrons. The second-order valence-electron chi connectivity index (χ2n) is 7.38. The van der Waals surface area contributed by atoms with Crippen molar-refractivity contribution in [1.29, 1.82) is 0 Å². The molecule has 0 aliphatic heterocycles. The number of hydrogen-bond acceptors (Lipinski definition) is 5. The van der Waals surface area contributed by atoms with Gasteiger partial charge in [0.25, 0.3) is 5.56 Å². The van der Waals surface area contributed by atoms with Crippen LogP contribution in [-0.4, -0.2) is 45.3 Å². The van der Waals surface area contributed by atoms with Crippen molar-refractivity contribution in [2.45, 2.75) is 46.3 Å². The molecule has 0 aromatic carbocycles. The summed E-state index contributed by atoms with van der Waals surface area (Å²) in [6.07, 6.45) is -1.49. The number of rotatable bonds is 9. The summed E-state index contributed by atoms with van der Waals surface area (Å²) < 4.78 is 39.0. The number of halogens is 4. The molecule has 0 unspecified atom stereocenters. The predicted octanol–water partition coefficient (Wildman–Crippen LogP) is 4.47. The van der Waals surface area contributed by atoms with Crippen LogP contribution in [0.3, 0.4) is 0 Å². The van der Waals surface area contributed by atoms with Gasteiger partial charge in [-0.25, -0.2) is 4.98 Å². The minimum Gasteiger partial charge on any atom is -0.381 e. The van der Waals surface area contributed by atoms with Gasteiger partial charge in [-0.05, 0) is 37.6 Å². The molecule has 2 aromatic rings. The molecule has 2 aromatic heterocycles. The molecule has 2 rings (SSSR count). The molecule has 0 saturated carbocycles. The minimum absolute atomic E-state index is 0.0396. The third-order valence-electron chi connectivity index (χ3n) is 4.81. The third-order valence-corrected chi connectivity index (χ3v) is 5.18. The van der Waals surface area contributed by atoms with Gasteiger partial charge in [0.05, 0.1) is 17.4 Å². The number of likely N-dealkylation sites (N-methyl/N-ethyl adjacent to an activating group) is 1. The number of nitrogens with one attached hydrogen (secondary N) is 1. The molecule has 1 N–H and O–H groups in total. The van der Waals surface area contributed by atoms with Crippen molar-refractivity contribution in [2.24, 2.45) is 5.92 Å². The molecule has 10 heteroatoms. The molecule has 0 saturated heterocycles. The van der Waals surface area contributed by atoms with Crippen LogP contribution < -0.4 is 10.9 Å². The summed E-state index contributed by atoms with van der Waals surface area (Å²) in [5, 5.41) is 7.13. The van der Waals surface area contributed by atoms with E-state index in [-0.39, 0.29) is 16.9 Å². The molecular formula is C20H27ClF3N5O. The Kier molecular flexibility index (Phi) is 8.25. The van der Waals surface area contributed by atoms with Gasteiger partial charge in [0, 0.05) is 18.8 Å². The monoisotopic (exact) mass is 445 g/mol. The van der Waals surface area contributed by atoms with E-state index in [1.807, 2.05) is 0 Å². The number of nitrogens with zero attached hydrogens (tertiary/aromatic N) is 4. The molecule has 30 heavy (non-hydrogen) atoms. The van der Waals surface area contributed by atoms with E-state index in [1.165, 1.54) is 6.20 Å². The van der Waals surface area contributed by atoms with Crippen LogP contribution in [0.25, 0.3) is 5.82 Å². The van der Waals surface area contributed by atoms with Gasteiger partial charge in [-0.3, -0.25) is 9.69 Å². The van der Waals surface area contributed by atoms with Crippen LogP contribution in [0.4, 0.5) is 18.9 Å². The topological polar surface area (TPSA) is 63.1 Å². The Morgan fingerprint density at radius 2 is 1.87 bits per heavy atom. The number of hydrogen-bond donors (Lipinski definition) is 1. The summed E-state index contributed by atoms with van der Waals surface area (Å²) in [4.78, 5) is 18.6. The maximum atomic E-state index is 12.7. The number of anilines is 1. The Balaban J connectivity index is 2.22. The van der Waals surface area contributed by atoms with Crippen LogP contribution in [0.2, 0.25) is 5.02 Å². The van der Waals surface area contributed by atoms with Crippen LogP contribution in [0.15, 0.2) is 29.3 Å². The summed E-state index contributed by atoms with van der Waals surface area (Å²) in [6, 6.07) is 2.19. The molecule has 0 amide bonds. The Labute approximate surface area is 179 Å². The highest BCUT2D eigenvalue weighted by atomic mass is 35.5. The van der Waals surface area contributed by atoms with Crippen LogP contribution >= 0.6 is 11.6 Å². The summed E-state index contributed by atoms with van der Waals surface area (Å²) in [6.45, 7) is 10.9. The smallest absolute Gasteiger partial charge is 0.381 e. The lowest BCUT2D eigenvalue weighted by atomic mass is 10.0. The molecule has 6 nitrogen and oxygen atoms in total. The van der Waals surface area contributed by atoms with Crippen molar-refractivity contribution in [3.63, 3.8) is 0 Å². The zero-order chi connectivity index (χ0) is 22.5. The van der Waals surface area contributed by atoms with E-state index in [2.05, 4.69) is 48.0 Å². The van der Waals surface area contributed by atoms with Gasteiger partial charge in [0.2, 0.25) is 0 Å². The maximum Gasteiger partial charge on any atom is 0.417 e.